The fourth-order valence-corrected chi connectivity index (χ4v) is 2.60. The van der Waals surface area contributed by atoms with Crippen molar-refractivity contribution in [2.75, 3.05) is 11.9 Å². The highest BCUT2D eigenvalue weighted by Crippen LogP contribution is 2.21. The molecule has 7 nitrogen and oxygen atoms in total. The van der Waals surface area contributed by atoms with Crippen LogP contribution in [-0.2, 0) is 4.74 Å². The summed E-state index contributed by atoms with van der Waals surface area (Å²) in [6.45, 7) is 5.67. The molecule has 128 valence electrons. The van der Waals surface area contributed by atoms with Crippen molar-refractivity contribution >= 4 is 17.3 Å². The molecule has 3 rings (SSSR count). The van der Waals surface area contributed by atoms with E-state index >= 15 is 0 Å². The van der Waals surface area contributed by atoms with Gasteiger partial charge in [0.2, 0.25) is 0 Å². The van der Waals surface area contributed by atoms with E-state index in [0.29, 0.717) is 17.9 Å². The summed E-state index contributed by atoms with van der Waals surface area (Å²) in [7, 11) is 0. The monoisotopic (exact) mass is 339 g/mol. The van der Waals surface area contributed by atoms with Crippen molar-refractivity contribution in [2.24, 2.45) is 0 Å². The first-order chi connectivity index (χ1) is 11.9. The largest absolute Gasteiger partial charge is 0.462 e. The van der Waals surface area contributed by atoms with E-state index in [9.17, 15) is 14.4 Å². The van der Waals surface area contributed by atoms with Crippen molar-refractivity contribution in [1.29, 1.82) is 0 Å². The van der Waals surface area contributed by atoms with Crippen LogP contribution in [0.15, 0.2) is 39.9 Å². The molecule has 0 spiro atoms. The van der Waals surface area contributed by atoms with Crippen LogP contribution in [0.25, 0.3) is 5.69 Å². The lowest BCUT2D eigenvalue weighted by Crippen LogP contribution is -2.38. The van der Waals surface area contributed by atoms with E-state index in [0.717, 1.165) is 11.4 Å². The first-order valence-corrected chi connectivity index (χ1v) is 7.83. The lowest BCUT2D eigenvalue weighted by Gasteiger charge is -2.14. The van der Waals surface area contributed by atoms with Crippen LogP contribution in [0.5, 0.6) is 0 Å². The second-order valence-electron chi connectivity index (χ2n) is 5.64. The van der Waals surface area contributed by atoms with Crippen LogP contribution in [0.3, 0.4) is 0 Å². The highest BCUT2D eigenvalue weighted by atomic mass is 16.5. The Morgan fingerprint density at radius 1 is 1.16 bits per heavy atom. The summed E-state index contributed by atoms with van der Waals surface area (Å²) in [5.41, 5.74) is 1.79. The minimum absolute atomic E-state index is 0.195. The lowest BCUT2D eigenvalue weighted by molar-refractivity contribution is 0.0526. The Bertz CT molecular complexity index is 1010. The first-order valence-electron chi connectivity index (χ1n) is 7.83. The molecule has 1 N–H and O–H groups in total. The number of hydrogen-bond acceptors (Lipinski definition) is 6. The molecule has 0 unspecified atom stereocenters. The van der Waals surface area contributed by atoms with Gasteiger partial charge in [-0.15, -0.1) is 0 Å². The molecule has 0 aliphatic rings. The summed E-state index contributed by atoms with van der Waals surface area (Å²) in [5.74, 6) is -0.411. The number of aryl methyl sites for hydroxylation is 2. The standard InChI is InChI=1S/C18H17N3O4/c1-4-25-18(24)12-5-7-13(8-6-12)19-14-15(17(23)16(14)22)21-11(3)9-10(2)20-21/h5-9,19H,4H2,1-3H3. The Balaban J connectivity index is 1.89. The van der Waals surface area contributed by atoms with E-state index in [1.165, 1.54) is 4.68 Å². The first kappa shape index (κ1) is 16.6. The van der Waals surface area contributed by atoms with Crippen LogP contribution >= 0.6 is 0 Å². The maximum atomic E-state index is 12.0. The van der Waals surface area contributed by atoms with Gasteiger partial charge in [-0.05, 0) is 51.1 Å². The number of carbonyl (C=O) groups is 1. The Kier molecular flexibility index (Phi) is 4.22. The quantitative estimate of drug-likeness (QED) is 0.565. The third-order valence-electron chi connectivity index (χ3n) is 3.77. The molecule has 0 amide bonds. The zero-order valence-electron chi connectivity index (χ0n) is 14.1. The number of nitrogens with zero attached hydrogens (tertiary/aromatic N) is 2. The van der Waals surface area contributed by atoms with E-state index in [-0.39, 0.29) is 11.4 Å². The number of esters is 1. The lowest BCUT2D eigenvalue weighted by atomic mass is 10.1. The smallest absolute Gasteiger partial charge is 0.338 e. The highest BCUT2D eigenvalue weighted by Gasteiger charge is 2.24. The molecule has 0 fully saturated rings. The van der Waals surface area contributed by atoms with Crippen LogP contribution in [-0.4, -0.2) is 22.4 Å². The van der Waals surface area contributed by atoms with E-state index in [2.05, 4.69) is 10.4 Å². The SMILES string of the molecule is CCOC(=O)c1ccc(Nc2c(-n3nc(C)cc3C)c(=O)c2=O)cc1. The molecule has 1 aromatic heterocycles. The molecule has 0 aliphatic carbocycles. The predicted octanol–water partition coefficient (Wildman–Crippen LogP) is 2.01. The Hall–Kier alpha value is -3.22. The van der Waals surface area contributed by atoms with Crippen molar-refractivity contribution in [3.63, 3.8) is 0 Å². The summed E-state index contributed by atoms with van der Waals surface area (Å²) in [6.07, 6.45) is 0. The Labute approximate surface area is 143 Å². The topological polar surface area (TPSA) is 90.3 Å². The summed E-state index contributed by atoms with van der Waals surface area (Å²) >= 11 is 0. The zero-order valence-corrected chi connectivity index (χ0v) is 14.1. The van der Waals surface area contributed by atoms with E-state index in [1.54, 1.807) is 31.2 Å². The molecular formula is C18H17N3O4. The van der Waals surface area contributed by atoms with Crippen molar-refractivity contribution in [3.8, 4) is 5.69 Å². The van der Waals surface area contributed by atoms with Gasteiger partial charge in [0.05, 0.1) is 17.9 Å². The molecule has 0 saturated heterocycles. The predicted molar refractivity (Wildman–Crippen MR) is 93.6 cm³/mol. The van der Waals surface area contributed by atoms with E-state index in [4.69, 9.17) is 4.74 Å². The number of benzene rings is 1. The second kappa shape index (κ2) is 6.35. The minimum atomic E-state index is -0.586. The van der Waals surface area contributed by atoms with Gasteiger partial charge in [0, 0.05) is 11.4 Å². The summed E-state index contributed by atoms with van der Waals surface area (Å²) in [4.78, 5) is 35.6. The molecule has 0 bridgehead atoms. The van der Waals surface area contributed by atoms with E-state index in [1.807, 2.05) is 19.9 Å². The van der Waals surface area contributed by atoms with Crippen molar-refractivity contribution < 1.29 is 9.53 Å². The van der Waals surface area contributed by atoms with Gasteiger partial charge in [0.1, 0.15) is 11.4 Å². The fraction of sp³-hybridized carbons (Fsp3) is 0.222. The fourth-order valence-electron chi connectivity index (χ4n) is 2.60. The third-order valence-corrected chi connectivity index (χ3v) is 3.77. The molecule has 25 heavy (non-hydrogen) atoms. The van der Waals surface area contributed by atoms with Gasteiger partial charge in [0.25, 0.3) is 10.9 Å². The van der Waals surface area contributed by atoms with Gasteiger partial charge in [-0.25, -0.2) is 9.48 Å². The summed E-state index contributed by atoms with van der Waals surface area (Å²) in [6, 6.07) is 8.31. The molecule has 3 aromatic rings. The number of hydrogen-bond donors (Lipinski definition) is 1. The minimum Gasteiger partial charge on any atom is -0.462 e. The maximum Gasteiger partial charge on any atom is 0.338 e. The molecular weight excluding hydrogens is 322 g/mol. The molecule has 7 heteroatoms. The van der Waals surface area contributed by atoms with Gasteiger partial charge >= 0.3 is 5.97 Å². The van der Waals surface area contributed by atoms with Crippen LogP contribution in [0.1, 0.15) is 28.7 Å². The van der Waals surface area contributed by atoms with Crippen LogP contribution in [0.2, 0.25) is 0 Å². The number of nitrogens with one attached hydrogen (secondary N) is 1. The average Bonchev–Trinajstić information content (AvgIpc) is 2.92. The van der Waals surface area contributed by atoms with Crippen molar-refractivity contribution in [1.82, 2.24) is 9.78 Å². The zero-order chi connectivity index (χ0) is 18.1. The molecule has 0 aliphatic heterocycles. The molecule has 0 atom stereocenters. The number of anilines is 2. The third kappa shape index (κ3) is 2.96. The molecule has 0 saturated carbocycles. The van der Waals surface area contributed by atoms with E-state index < -0.39 is 16.8 Å². The van der Waals surface area contributed by atoms with Crippen LogP contribution in [0.4, 0.5) is 11.4 Å². The van der Waals surface area contributed by atoms with Gasteiger partial charge in [-0.3, -0.25) is 9.59 Å². The molecule has 1 heterocycles. The van der Waals surface area contributed by atoms with Gasteiger partial charge in [-0.2, -0.15) is 5.10 Å². The van der Waals surface area contributed by atoms with Gasteiger partial charge in [0.15, 0.2) is 0 Å². The van der Waals surface area contributed by atoms with Gasteiger partial charge in [-0.1, -0.05) is 0 Å². The number of ether oxygens (including phenoxy) is 1. The van der Waals surface area contributed by atoms with Crippen molar-refractivity contribution in [3.05, 3.63) is 67.7 Å². The van der Waals surface area contributed by atoms with Crippen LogP contribution in [0, 0.1) is 13.8 Å². The maximum absolute atomic E-state index is 12.0. The highest BCUT2D eigenvalue weighted by molar-refractivity contribution is 5.90. The van der Waals surface area contributed by atoms with Crippen molar-refractivity contribution in [2.45, 2.75) is 20.8 Å². The van der Waals surface area contributed by atoms with Crippen LogP contribution < -0.4 is 16.2 Å². The van der Waals surface area contributed by atoms with Gasteiger partial charge < -0.3 is 10.1 Å². The molecule has 0 radical (unpaired) electrons. The number of rotatable bonds is 5. The summed E-state index contributed by atoms with van der Waals surface area (Å²) in [5, 5.41) is 7.19. The average molecular weight is 339 g/mol. The second-order valence-corrected chi connectivity index (χ2v) is 5.64. The number of aromatic nitrogens is 2. The summed E-state index contributed by atoms with van der Waals surface area (Å²) < 4.78 is 6.39. The normalized spacial score (nSPS) is 10.8. The Morgan fingerprint density at radius 2 is 1.84 bits per heavy atom. The Morgan fingerprint density at radius 3 is 2.40 bits per heavy atom. The number of carbonyl (C=O) groups excluding carboxylic acids is 1. The molecule has 2 aromatic carbocycles.